The molecule has 7 nitrogen and oxygen atoms in total. The summed E-state index contributed by atoms with van der Waals surface area (Å²) in [5, 5.41) is 30.8. The first kappa shape index (κ1) is 24.2. The molecule has 1 fully saturated rings. The van der Waals surface area contributed by atoms with Crippen LogP contribution in [0.15, 0.2) is 41.0 Å². The quantitative estimate of drug-likeness (QED) is 0.400. The second kappa shape index (κ2) is 10.4. The van der Waals surface area contributed by atoms with Crippen molar-refractivity contribution in [1.82, 2.24) is 4.90 Å². The number of aliphatic hydroxyl groups excluding tert-OH is 2. The van der Waals surface area contributed by atoms with Crippen LogP contribution in [-0.4, -0.2) is 65.5 Å². The van der Waals surface area contributed by atoms with Gasteiger partial charge < -0.3 is 20.1 Å². The third-order valence-corrected chi connectivity index (χ3v) is 6.74. The zero-order valence-corrected chi connectivity index (χ0v) is 19.0. The molecule has 1 aromatic carbocycles. The van der Waals surface area contributed by atoms with Crippen molar-refractivity contribution in [1.29, 1.82) is 0 Å². The first-order valence-electron chi connectivity index (χ1n) is 11.1. The number of carbonyl (C=O) groups excluding carboxylic acids is 2. The van der Waals surface area contributed by atoms with Crippen LogP contribution < -0.4 is 0 Å². The van der Waals surface area contributed by atoms with Crippen molar-refractivity contribution in [3.8, 4) is 5.75 Å². The molecule has 0 aromatic heterocycles. The highest BCUT2D eigenvalue weighted by atomic mass is 16.5. The lowest BCUT2D eigenvalue weighted by Gasteiger charge is -2.36. The molecule has 1 saturated heterocycles. The molecule has 0 unspecified atom stereocenters. The molecule has 0 bridgehead atoms. The number of imide groups is 1. The molecule has 7 heteroatoms. The lowest BCUT2D eigenvalue weighted by Crippen LogP contribution is -2.39. The number of phenolic OH excluding ortho intramolecular Hbond substituents is 1. The van der Waals surface area contributed by atoms with Gasteiger partial charge in [0.25, 0.3) is 0 Å². The van der Waals surface area contributed by atoms with Crippen molar-refractivity contribution in [2.24, 2.45) is 17.8 Å². The molecule has 1 aliphatic heterocycles. The molecule has 2 amide bonds. The summed E-state index contributed by atoms with van der Waals surface area (Å²) in [6.45, 7) is 1.99. The van der Waals surface area contributed by atoms with Crippen molar-refractivity contribution in [3.05, 3.63) is 46.5 Å². The van der Waals surface area contributed by atoms with Gasteiger partial charge in [-0.25, -0.2) is 0 Å². The fourth-order valence-corrected chi connectivity index (χ4v) is 5.06. The monoisotopic (exact) mass is 443 g/mol. The van der Waals surface area contributed by atoms with Gasteiger partial charge in [-0.05, 0) is 54.5 Å². The van der Waals surface area contributed by atoms with Crippen LogP contribution in [0.1, 0.15) is 38.2 Å². The maximum absolute atomic E-state index is 12.7. The molecule has 2 aliphatic rings. The van der Waals surface area contributed by atoms with Crippen LogP contribution in [-0.2, 0) is 14.3 Å². The molecular formula is C25H33NO6. The predicted molar refractivity (Wildman–Crippen MR) is 120 cm³/mol. The van der Waals surface area contributed by atoms with Crippen molar-refractivity contribution >= 4 is 17.9 Å². The Kier molecular flexibility index (Phi) is 7.87. The van der Waals surface area contributed by atoms with Crippen molar-refractivity contribution in [3.63, 3.8) is 0 Å². The van der Waals surface area contributed by atoms with Gasteiger partial charge in [0.15, 0.2) is 0 Å². The standard InChI is InChI=1S/C25H33NO6/c1-4-15(11-16-5-8-18(28)9-6-16)7-10-21(29)22-17(14-32-3)12-19-23(20(22)13-27)25(31)26(2)24(19)30/h5-6,8-9,11,19-21,23,27-29H,4,7,10,12-14H2,1-3H3/b15-11+/t19-,20+,21-,23-/m1/s1. The molecule has 1 heterocycles. The second-order valence-corrected chi connectivity index (χ2v) is 8.66. The number of methoxy groups -OCH3 is 1. The van der Waals surface area contributed by atoms with Crippen molar-refractivity contribution in [2.75, 3.05) is 27.4 Å². The molecule has 174 valence electrons. The lowest BCUT2D eigenvalue weighted by atomic mass is 9.68. The molecule has 32 heavy (non-hydrogen) atoms. The van der Waals surface area contributed by atoms with E-state index in [9.17, 15) is 24.9 Å². The van der Waals surface area contributed by atoms with Gasteiger partial charge in [0.1, 0.15) is 5.75 Å². The molecule has 3 N–H and O–H groups in total. The van der Waals surface area contributed by atoms with Crippen LogP contribution in [0.4, 0.5) is 0 Å². The number of nitrogens with zero attached hydrogens (tertiary/aromatic N) is 1. The Bertz CT molecular complexity index is 904. The highest BCUT2D eigenvalue weighted by Gasteiger charge is 2.53. The molecule has 1 aromatic rings. The summed E-state index contributed by atoms with van der Waals surface area (Å²) in [5.41, 5.74) is 3.56. The zero-order chi connectivity index (χ0) is 23.4. The van der Waals surface area contributed by atoms with E-state index >= 15 is 0 Å². The summed E-state index contributed by atoms with van der Waals surface area (Å²) in [6.07, 6.45) is 3.45. The summed E-state index contributed by atoms with van der Waals surface area (Å²) in [7, 11) is 3.03. The Morgan fingerprint density at radius 2 is 1.94 bits per heavy atom. The van der Waals surface area contributed by atoms with Crippen LogP contribution >= 0.6 is 0 Å². The van der Waals surface area contributed by atoms with Crippen LogP contribution in [0.2, 0.25) is 0 Å². The number of allylic oxidation sites excluding steroid dienone is 1. The first-order valence-corrected chi connectivity index (χ1v) is 11.1. The van der Waals surface area contributed by atoms with E-state index in [4.69, 9.17) is 4.74 Å². The number of aromatic hydroxyl groups is 1. The summed E-state index contributed by atoms with van der Waals surface area (Å²) >= 11 is 0. The summed E-state index contributed by atoms with van der Waals surface area (Å²) in [4.78, 5) is 26.4. The van der Waals surface area contributed by atoms with Gasteiger partial charge in [-0.3, -0.25) is 14.5 Å². The number of likely N-dealkylation sites (tertiary alicyclic amines) is 1. The van der Waals surface area contributed by atoms with Crippen LogP contribution in [0.3, 0.4) is 0 Å². The van der Waals surface area contributed by atoms with Gasteiger partial charge in [-0.2, -0.15) is 0 Å². The number of rotatable bonds is 9. The van der Waals surface area contributed by atoms with E-state index in [1.165, 1.54) is 7.05 Å². The molecule has 0 spiro atoms. The third-order valence-electron chi connectivity index (χ3n) is 6.74. The summed E-state index contributed by atoms with van der Waals surface area (Å²) in [5.74, 6) is -2.05. The second-order valence-electron chi connectivity index (χ2n) is 8.66. The number of fused-ring (bicyclic) bond motifs is 1. The number of hydrogen-bond acceptors (Lipinski definition) is 6. The van der Waals surface area contributed by atoms with E-state index in [1.807, 2.05) is 18.2 Å². The smallest absolute Gasteiger partial charge is 0.233 e. The summed E-state index contributed by atoms with van der Waals surface area (Å²) in [6, 6.07) is 6.94. The van der Waals surface area contributed by atoms with Gasteiger partial charge in [-0.15, -0.1) is 0 Å². The van der Waals surface area contributed by atoms with E-state index in [1.54, 1.807) is 19.2 Å². The van der Waals surface area contributed by atoms with Gasteiger partial charge in [0.05, 0.1) is 31.2 Å². The van der Waals surface area contributed by atoms with E-state index < -0.39 is 23.9 Å². The average Bonchev–Trinajstić information content (AvgIpc) is 3.00. The molecule has 0 radical (unpaired) electrons. The topological polar surface area (TPSA) is 107 Å². The molecular weight excluding hydrogens is 410 g/mol. The normalized spacial score (nSPS) is 24.8. The lowest BCUT2D eigenvalue weighted by molar-refractivity contribution is -0.138. The van der Waals surface area contributed by atoms with Gasteiger partial charge in [0.2, 0.25) is 11.8 Å². The van der Waals surface area contributed by atoms with Crippen molar-refractivity contribution in [2.45, 2.75) is 38.7 Å². The fourth-order valence-electron chi connectivity index (χ4n) is 5.06. The van der Waals surface area contributed by atoms with E-state index in [2.05, 4.69) is 6.92 Å². The fraction of sp³-hybridized carbons (Fsp3) is 0.520. The van der Waals surface area contributed by atoms with Gasteiger partial charge >= 0.3 is 0 Å². The van der Waals surface area contributed by atoms with Crippen LogP contribution in [0.25, 0.3) is 6.08 Å². The van der Waals surface area contributed by atoms with Gasteiger partial charge in [-0.1, -0.05) is 30.7 Å². The SMILES string of the molecule is CC/C(=C\c1ccc(O)cc1)CC[C@@H](O)C1=C(COC)C[C@H]2C(=O)N(C)C(=O)[C@H]2[C@H]1CO. The summed E-state index contributed by atoms with van der Waals surface area (Å²) < 4.78 is 5.34. The van der Waals surface area contributed by atoms with E-state index in [-0.39, 0.29) is 30.8 Å². The highest BCUT2D eigenvalue weighted by Crippen LogP contribution is 2.45. The Morgan fingerprint density at radius 1 is 1.25 bits per heavy atom. The maximum Gasteiger partial charge on any atom is 0.233 e. The van der Waals surface area contributed by atoms with Gasteiger partial charge in [0, 0.05) is 20.1 Å². The Labute approximate surface area is 189 Å². The third kappa shape index (κ3) is 4.80. The maximum atomic E-state index is 12.7. The Morgan fingerprint density at radius 3 is 2.53 bits per heavy atom. The number of hydrogen-bond donors (Lipinski definition) is 3. The number of carbonyl (C=O) groups is 2. The van der Waals surface area contributed by atoms with E-state index in [0.29, 0.717) is 24.8 Å². The molecule has 4 atom stereocenters. The zero-order valence-electron chi connectivity index (χ0n) is 19.0. The first-order chi connectivity index (χ1) is 15.3. The number of ether oxygens (including phenoxy) is 1. The Hall–Kier alpha value is -2.48. The van der Waals surface area contributed by atoms with Crippen LogP contribution in [0, 0.1) is 17.8 Å². The number of aliphatic hydroxyl groups is 2. The minimum absolute atomic E-state index is 0.212. The largest absolute Gasteiger partial charge is 0.508 e. The number of amides is 2. The van der Waals surface area contributed by atoms with Crippen molar-refractivity contribution < 1.29 is 29.6 Å². The number of benzene rings is 1. The molecule has 0 saturated carbocycles. The number of phenols is 1. The molecule has 3 rings (SSSR count). The van der Waals surface area contributed by atoms with Crippen LogP contribution in [0.5, 0.6) is 5.75 Å². The minimum atomic E-state index is -0.846. The Balaban J connectivity index is 1.83. The predicted octanol–water partition coefficient (Wildman–Crippen LogP) is 2.51. The minimum Gasteiger partial charge on any atom is -0.508 e. The van der Waals surface area contributed by atoms with E-state index in [0.717, 1.165) is 28.0 Å². The average molecular weight is 444 g/mol. The molecule has 1 aliphatic carbocycles. The highest BCUT2D eigenvalue weighted by molar-refractivity contribution is 6.05.